The fourth-order valence-electron chi connectivity index (χ4n) is 2.04. The number of benzene rings is 1. The summed E-state index contributed by atoms with van der Waals surface area (Å²) in [4.78, 5) is 0. The minimum Gasteiger partial charge on any atom is -0.324 e. The second-order valence-electron chi connectivity index (χ2n) is 4.19. The highest BCUT2D eigenvalue weighted by Crippen LogP contribution is 2.24. The van der Waals surface area contributed by atoms with Gasteiger partial charge in [0.2, 0.25) is 0 Å². The normalized spacial score (nSPS) is 23.7. The van der Waals surface area contributed by atoms with Crippen molar-refractivity contribution in [1.82, 2.24) is 5.32 Å². The Hall–Kier alpha value is -0.860. The molecule has 0 radical (unpaired) electrons. The zero-order chi connectivity index (χ0) is 9.97. The highest BCUT2D eigenvalue weighted by Gasteiger charge is 2.22. The van der Waals surface area contributed by atoms with Crippen molar-refractivity contribution in [1.29, 1.82) is 0 Å². The highest BCUT2D eigenvalue weighted by molar-refractivity contribution is 5.24. The molecule has 0 aromatic heterocycles. The zero-order valence-corrected chi connectivity index (χ0v) is 8.66. The van der Waals surface area contributed by atoms with Gasteiger partial charge in [-0.05, 0) is 37.9 Å². The van der Waals surface area contributed by atoms with Crippen molar-refractivity contribution >= 4 is 0 Å². The van der Waals surface area contributed by atoms with Crippen LogP contribution in [-0.4, -0.2) is 13.1 Å². The first-order chi connectivity index (χ1) is 6.77. The number of hydrogen-bond acceptors (Lipinski definition) is 2. The van der Waals surface area contributed by atoms with Crippen LogP contribution in [-0.2, 0) is 0 Å². The molecule has 76 valence electrons. The smallest absolute Gasteiger partial charge is 0.0336 e. The van der Waals surface area contributed by atoms with E-state index in [9.17, 15) is 0 Å². The van der Waals surface area contributed by atoms with Gasteiger partial charge in [-0.3, -0.25) is 0 Å². The molecule has 14 heavy (non-hydrogen) atoms. The van der Waals surface area contributed by atoms with Crippen LogP contribution in [0, 0.1) is 12.8 Å². The zero-order valence-electron chi connectivity index (χ0n) is 8.66. The molecule has 1 aliphatic rings. The third-order valence-corrected chi connectivity index (χ3v) is 3.07. The summed E-state index contributed by atoms with van der Waals surface area (Å²) in [5, 5.41) is 3.35. The monoisotopic (exact) mass is 190 g/mol. The summed E-state index contributed by atoms with van der Waals surface area (Å²) in [7, 11) is 0. The van der Waals surface area contributed by atoms with Crippen molar-refractivity contribution in [3.8, 4) is 0 Å². The number of nitrogens with two attached hydrogens (primary N) is 1. The van der Waals surface area contributed by atoms with E-state index in [2.05, 4.69) is 36.5 Å². The van der Waals surface area contributed by atoms with Gasteiger partial charge in [-0.15, -0.1) is 0 Å². The maximum absolute atomic E-state index is 6.21. The van der Waals surface area contributed by atoms with E-state index in [1.165, 1.54) is 17.5 Å². The molecule has 3 N–H and O–H groups in total. The van der Waals surface area contributed by atoms with Crippen LogP contribution in [0.15, 0.2) is 24.3 Å². The number of nitrogens with one attached hydrogen (secondary N) is 1. The molecule has 0 saturated carbocycles. The van der Waals surface area contributed by atoms with E-state index in [1.807, 2.05) is 0 Å². The molecular formula is C12H18N2. The van der Waals surface area contributed by atoms with Crippen molar-refractivity contribution in [2.45, 2.75) is 19.4 Å². The number of rotatable bonds is 2. The SMILES string of the molecule is Cc1ccc(C(N)C2CCNC2)cc1. The average molecular weight is 190 g/mol. The lowest BCUT2D eigenvalue weighted by atomic mass is 9.93. The van der Waals surface area contributed by atoms with Crippen LogP contribution in [0.5, 0.6) is 0 Å². The van der Waals surface area contributed by atoms with Gasteiger partial charge in [-0.2, -0.15) is 0 Å². The Balaban J connectivity index is 2.09. The van der Waals surface area contributed by atoms with Gasteiger partial charge in [0.05, 0.1) is 0 Å². The van der Waals surface area contributed by atoms with Crippen LogP contribution in [0.4, 0.5) is 0 Å². The first-order valence-corrected chi connectivity index (χ1v) is 5.30. The molecule has 1 aromatic rings. The largest absolute Gasteiger partial charge is 0.324 e. The fraction of sp³-hybridized carbons (Fsp3) is 0.500. The third kappa shape index (κ3) is 1.97. The molecule has 2 atom stereocenters. The van der Waals surface area contributed by atoms with Crippen LogP contribution in [0.2, 0.25) is 0 Å². The molecule has 1 aliphatic heterocycles. The maximum Gasteiger partial charge on any atom is 0.0336 e. The lowest BCUT2D eigenvalue weighted by molar-refractivity contribution is 0.470. The Morgan fingerprint density at radius 1 is 1.36 bits per heavy atom. The molecule has 1 aromatic carbocycles. The quantitative estimate of drug-likeness (QED) is 0.743. The summed E-state index contributed by atoms with van der Waals surface area (Å²) in [6.45, 7) is 4.28. The first-order valence-electron chi connectivity index (χ1n) is 5.30. The molecule has 1 saturated heterocycles. The van der Waals surface area contributed by atoms with E-state index in [4.69, 9.17) is 5.73 Å². The minimum atomic E-state index is 0.200. The summed E-state index contributed by atoms with van der Waals surface area (Å²) >= 11 is 0. The van der Waals surface area contributed by atoms with Gasteiger partial charge in [0.1, 0.15) is 0 Å². The predicted molar refractivity (Wildman–Crippen MR) is 59.1 cm³/mol. The van der Waals surface area contributed by atoms with E-state index in [1.54, 1.807) is 0 Å². The molecule has 2 rings (SSSR count). The average Bonchev–Trinajstić information content (AvgIpc) is 2.71. The summed E-state index contributed by atoms with van der Waals surface area (Å²) < 4.78 is 0. The lowest BCUT2D eigenvalue weighted by Crippen LogP contribution is -2.23. The highest BCUT2D eigenvalue weighted by atomic mass is 14.9. The summed E-state index contributed by atoms with van der Waals surface area (Å²) in [5.74, 6) is 0.609. The Kier molecular flexibility index (Phi) is 2.85. The molecule has 1 fully saturated rings. The molecule has 0 spiro atoms. The summed E-state index contributed by atoms with van der Waals surface area (Å²) in [5.41, 5.74) is 8.77. The van der Waals surface area contributed by atoms with Crippen molar-refractivity contribution < 1.29 is 0 Å². The lowest BCUT2D eigenvalue weighted by Gasteiger charge is -2.18. The van der Waals surface area contributed by atoms with Gasteiger partial charge in [0.15, 0.2) is 0 Å². The summed E-state index contributed by atoms with van der Waals surface area (Å²) in [6.07, 6.45) is 1.20. The third-order valence-electron chi connectivity index (χ3n) is 3.07. The van der Waals surface area contributed by atoms with Crippen LogP contribution in [0.1, 0.15) is 23.6 Å². The van der Waals surface area contributed by atoms with Crippen molar-refractivity contribution in [3.05, 3.63) is 35.4 Å². The van der Waals surface area contributed by atoms with E-state index in [0.717, 1.165) is 13.1 Å². The Labute approximate surface area is 85.5 Å². The van der Waals surface area contributed by atoms with Gasteiger partial charge < -0.3 is 11.1 Å². The predicted octanol–water partition coefficient (Wildman–Crippen LogP) is 1.60. The van der Waals surface area contributed by atoms with Gasteiger partial charge >= 0.3 is 0 Å². The molecule has 1 heterocycles. The molecule has 2 heteroatoms. The van der Waals surface area contributed by atoms with Gasteiger partial charge in [0, 0.05) is 6.04 Å². The fourth-order valence-corrected chi connectivity index (χ4v) is 2.04. The van der Waals surface area contributed by atoms with Crippen LogP contribution >= 0.6 is 0 Å². The van der Waals surface area contributed by atoms with E-state index in [-0.39, 0.29) is 6.04 Å². The van der Waals surface area contributed by atoms with Gasteiger partial charge in [0.25, 0.3) is 0 Å². The first kappa shape index (κ1) is 9.69. The van der Waals surface area contributed by atoms with Crippen LogP contribution < -0.4 is 11.1 Å². The molecule has 2 unspecified atom stereocenters. The standard InChI is InChI=1S/C12H18N2/c1-9-2-4-10(5-3-9)12(13)11-6-7-14-8-11/h2-5,11-12,14H,6-8,13H2,1H3. The van der Waals surface area contributed by atoms with Gasteiger partial charge in [-0.1, -0.05) is 29.8 Å². The van der Waals surface area contributed by atoms with Crippen molar-refractivity contribution in [2.24, 2.45) is 11.7 Å². The molecule has 0 bridgehead atoms. The second kappa shape index (κ2) is 4.11. The maximum atomic E-state index is 6.21. The number of aryl methyl sites for hydroxylation is 1. The van der Waals surface area contributed by atoms with Crippen molar-refractivity contribution in [2.75, 3.05) is 13.1 Å². The number of hydrogen-bond donors (Lipinski definition) is 2. The minimum absolute atomic E-state index is 0.200. The second-order valence-corrected chi connectivity index (χ2v) is 4.19. The molecule has 2 nitrogen and oxygen atoms in total. The van der Waals surface area contributed by atoms with Crippen LogP contribution in [0.3, 0.4) is 0 Å². The Morgan fingerprint density at radius 3 is 2.64 bits per heavy atom. The molecule has 0 aliphatic carbocycles. The van der Waals surface area contributed by atoms with Gasteiger partial charge in [-0.25, -0.2) is 0 Å². The van der Waals surface area contributed by atoms with Crippen LogP contribution in [0.25, 0.3) is 0 Å². The Morgan fingerprint density at radius 2 is 2.07 bits per heavy atom. The topological polar surface area (TPSA) is 38.0 Å². The van der Waals surface area contributed by atoms with Crippen molar-refractivity contribution in [3.63, 3.8) is 0 Å². The summed E-state index contributed by atoms with van der Waals surface area (Å²) in [6, 6.07) is 8.77. The van der Waals surface area contributed by atoms with E-state index in [0.29, 0.717) is 5.92 Å². The molecular weight excluding hydrogens is 172 g/mol. The molecule has 0 amide bonds. The van der Waals surface area contributed by atoms with E-state index < -0.39 is 0 Å². The Bertz CT molecular complexity index is 286. The van der Waals surface area contributed by atoms with E-state index >= 15 is 0 Å².